The van der Waals surface area contributed by atoms with E-state index >= 15 is 0 Å². The van der Waals surface area contributed by atoms with Crippen molar-refractivity contribution in [1.82, 2.24) is 0 Å². The summed E-state index contributed by atoms with van der Waals surface area (Å²) in [7, 11) is 0. The lowest BCUT2D eigenvalue weighted by atomic mass is 9.94. The molecular formula is C34H62O2. The molecular weight excluding hydrogens is 440 g/mol. The summed E-state index contributed by atoms with van der Waals surface area (Å²) in [6, 6.07) is 0. The van der Waals surface area contributed by atoms with Crippen molar-refractivity contribution in [2.45, 2.75) is 174 Å². The molecule has 1 unspecified atom stereocenters. The Balaban J connectivity index is 3.51. The maximum atomic E-state index is 12.4. The number of Topliss-reactive ketones (excluding diaryl/α,β-unsaturated/α-hetero) is 1. The van der Waals surface area contributed by atoms with Crippen molar-refractivity contribution in [3.05, 3.63) is 24.3 Å². The lowest BCUT2D eigenvalue weighted by Gasteiger charge is -2.09. The zero-order valence-electron chi connectivity index (χ0n) is 24.5. The predicted molar refractivity (Wildman–Crippen MR) is 160 cm³/mol. The highest BCUT2D eigenvalue weighted by Crippen LogP contribution is 2.17. The molecule has 2 nitrogen and oxygen atoms in total. The van der Waals surface area contributed by atoms with Gasteiger partial charge >= 0.3 is 0 Å². The summed E-state index contributed by atoms with van der Waals surface area (Å²) in [5.74, 6) is -0.169. The number of allylic oxidation sites excluding steroid dienone is 4. The number of ketones is 1. The minimum Gasteiger partial charge on any atom is -0.303 e. The van der Waals surface area contributed by atoms with Gasteiger partial charge < -0.3 is 4.79 Å². The number of carbonyl (C=O) groups excluding carboxylic acids is 2. The van der Waals surface area contributed by atoms with Crippen molar-refractivity contribution in [3.63, 3.8) is 0 Å². The summed E-state index contributed by atoms with van der Waals surface area (Å²) in [5.41, 5.74) is 0. The van der Waals surface area contributed by atoms with Gasteiger partial charge in [0.1, 0.15) is 12.1 Å². The SMILES string of the molecule is CCCCC/C=C\C/C=C\CCCCCCCC(=O)C(C=O)CCCCCCCCCCCCCC. The largest absolute Gasteiger partial charge is 0.303 e. The van der Waals surface area contributed by atoms with Gasteiger partial charge in [-0.25, -0.2) is 0 Å². The molecule has 0 rings (SSSR count). The molecule has 0 saturated carbocycles. The van der Waals surface area contributed by atoms with Crippen molar-refractivity contribution in [3.8, 4) is 0 Å². The first-order valence-corrected chi connectivity index (χ1v) is 16.0. The quantitative estimate of drug-likeness (QED) is 0.0441. The first-order valence-electron chi connectivity index (χ1n) is 16.0. The third kappa shape index (κ3) is 25.9. The Morgan fingerprint density at radius 3 is 1.47 bits per heavy atom. The van der Waals surface area contributed by atoms with Crippen molar-refractivity contribution < 1.29 is 9.59 Å². The van der Waals surface area contributed by atoms with Gasteiger partial charge in [-0.2, -0.15) is 0 Å². The van der Waals surface area contributed by atoms with Crippen LogP contribution in [0.25, 0.3) is 0 Å². The second kappa shape index (κ2) is 30.0. The van der Waals surface area contributed by atoms with E-state index < -0.39 is 0 Å². The third-order valence-corrected chi connectivity index (χ3v) is 7.32. The molecule has 0 bridgehead atoms. The molecule has 1 atom stereocenters. The molecule has 0 aromatic heterocycles. The number of carbonyl (C=O) groups is 2. The molecule has 0 aromatic rings. The van der Waals surface area contributed by atoms with Crippen molar-refractivity contribution >= 4 is 12.1 Å². The van der Waals surface area contributed by atoms with Crippen LogP contribution in [0.2, 0.25) is 0 Å². The molecule has 2 heteroatoms. The molecule has 0 aliphatic rings. The van der Waals surface area contributed by atoms with Gasteiger partial charge in [-0.1, -0.05) is 147 Å². The minimum absolute atomic E-state index is 0.179. The topological polar surface area (TPSA) is 34.1 Å². The van der Waals surface area contributed by atoms with Crippen molar-refractivity contribution in [2.75, 3.05) is 0 Å². The maximum absolute atomic E-state index is 12.4. The molecule has 0 aromatic carbocycles. The number of rotatable bonds is 29. The van der Waals surface area contributed by atoms with Gasteiger partial charge in [0.05, 0.1) is 5.92 Å². The number of aldehydes is 1. The second-order valence-electron chi connectivity index (χ2n) is 10.9. The van der Waals surface area contributed by atoms with Gasteiger partial charge in [-0.3, -0.25) is 4.79 Å². The molecule has 0 fully saturated rings. The van der Waals surface area contributed by atoms with Crippen LogP contribution in [0.1, 0.15) is 174 Å². The number of hydrogen-bond donors (Lipinski definition) is 0. The van der Waals surface area contributed by atoms with Gasteiger partial charge in [0.2, 0.25) is 0 Å². The van der Waals surface area contributed by atoms with Crippen molar-refractivity contribution in [2.24, 2.45) is 5.92 Å². The molecule has 0 amide bonds. The highest BCUT2D eigenvalue weighted by atomic mass is 16.1. The average Bonchev–Trinajstić information content (AvgIpc) is 2.89. The molecule has 210 valence electrons. The molecule has 0 aliphatic heterocycles. The van der Waals surface area contributed by atoms with E-state index in [0.29, 0.717) is 6.42 Å². The van der Waals surface area contributed by atoms with E-state index in [9.17, 15) is 9.59 Å². The Kier molecular flexibility index (Phi) is 29.1. The lowest BCUT2D eigenvalue weighted by molar-refractivity contribution is -0.127. The Bertz CT molecular complexity index is 519. The number of hydrogen-bond acceptors (Lipinski definition) is 2. The Labute approximate surface area is 226 Å². The fraction of sp³-hybridized carbons (Fsp3) is 0.824. The molecule has 0 saturated heterocycles. The lowest BCUT2D eigenvalue weighted by Crippen LogP contribution is -2.15. The fourth-order valence-electron chi connectivity index (χ4n) is 4.81. The molecule has 0 aliphatic carbocycles. The summed E-state index contributed by atoms with van der Waals surface area (Å²) < 4.78 is 0. The van der Waals surface area contributed by atoms with Crippen LogP contribution in [-0.4, -0.2) is 12.1 Å². The summed E-state index contributed by atoms with van der Waals surface area (Å²) in [4.78, 5) is 23.8. The third-order valence-electron chi connectivity index (χ3n) is 7.32. The Hall–Kier alpha value is -1.18. The van der Waals surface area contributed by atoms with Crippen LogP contribution in [0.15, 0.2) is 24.3 Å². The fourth-order valence-corrected chi connectivity index (χ4v) is 4.81. The van der Waals surface area contributed by atoms with Gasteiger partial charge in [0, 0.05) is 6.42 Å². The van der Waals surface area contributed by atoms with Gasteiger partial charge in [-0.05, 0) is 44.9 Å². The van der Waals surface area contributed by atoms with E-state index in [2.05, 4.69) is 38.2 Å². The van der Waals surface area contributed by atoms with Crippen LogP contribution in [0, 0.1) is 5.92 Å². The van der Waals surface area contributed by atoms with Gasteiger partial charge in [0.15, 0.2) is 0 Å². The van der Waals surface area contributed by atoms with E-state index in [4.69, 9.17) is 0 Å². The zero-order chi connectivity index (χ0) is 26.4. The minimum atomic E-state index is -0.348. The normalized spacial score (nSPS) is 12.6. The summed E-state index contributed by atoms with van der Waals surface area (Å²) in [5, 5.41) is 0. The smallest absolute Gasteiger partial charge is 0.143 e. The van der Waals surface area contributed by atoms with Crippen LogP contribution >= 0.6 is 0 Å². The van der Waals surface area contributed by atoms with E-state index in [1.807, 2.05) is 0 Å². The Morgan fingerprint density at radius 1 is 0.528 bits per heavy atom. The molecule has 0 radical (unpaired) electrons. The summed E-state index contributed by atoms with van der Waals surface area (Å²) >= 11 is 0. The monoisotopic (exact) mass is 502 g/mol. The standard InChI is InChI=1S/C34H62O2/c1-3-5-7-9-11-13-15-17-18-19-21-23-25-27-29-31-34(36)33(32-35)30-28-26-24-22-20-16-14-12-10-8-6-4-2/h11,13,17-18,32-33H,3-10,12,14-16,19-31H2,1-2H3/b13-11-,18-17-. The van der Waals surface area contributed by atoms with Crippen molar-refractivity contribution in [1.29, 1.82) is 0 Å². The highest BCUT2D eigenvalue weighted by Gasteiger charge is 2.16. The molecule has 0 heterocycles. The first-order chi connectivity index (χ1) is 17.8. The summed E-state index contributed by atoms with van der Waals surface area (Å²) in [6.07, 6.45) is 40.4. The zero-order valence-corrected chi connectivity index (χ0v) is 24.5. The number of unbranched alkanes of at least 4 members (excludes halogenated alkanes) is 19. The Morgan fingerprint density at radius 2 is 0.944 bits per heavy atom. The van der Waals surface area contributed by atoms with Crippen LogP contribution in [0.3, 0.4) is 0 Å². The van der Waals surface area contributed by atoms with Crippen LogP contribution in [0.5, 0.6) is 0 Å². The van der Waals surface area contributed by atoms with Crippen LogP contribution < -0.4 is 0 Å². The highest BCUT2D eigenvalue weighted by molar-refractivity contribution is 5.93. The molecule has 36 heavy (non-hydrogen) atoms. The van der Waals surface area contributed by atoms with Crippen LogP contribution in [0.4, 0.5) is 0 Å². The van der Waals surface area contributed by atoms with Gasteiger partial charge in [-0.15, -0.1) is 0 Å². The van der Waals surface area contributed by atoms with E-state index in [-0.39, 0.29) is 11.7 Å². The van der Waals surface area contributed by atoms with E-state index in [1.165, 1.54) is 109 Å². The van der Waals surface area contributed by atoms with E-state index in [1.54, 1.807) is 0 Å². The van der Waals surface area contributed by atoms with E-state index in [0.717, 1.165) is 51.2 Å². The van der Waals surface area contributed by atoms with Gasteiger partial charge in [0.25, 0.3) is 0 Å². The maximum Gasteiger partial charge on any atom is 0.143 e. The average molecular weight is 503 g/mol. The first kappa shape index (κ1) is 34.8. The molecule has 0 spiro atoms. The molecule has 0 N–H and O–H groups in total. The predicted octanol–water partition coefficient (Wildman–Crippen LogP) is 11.3. The summed E-state index contributed by atoms with van der Waals surface area (Å²) in [6.45, 7) is 4.52. The second-order valence-corrected chi connectivity index (χ2v) is 10.9. The van der Waals surface area contributed by atoms with Crippen LogP contribution in [-0.2, 0) is 9.59 Å².